The van der Waals surface area contributed by atoms with E-state index in [1.807, 2.05) is 0 Å². The fourth-order valence-corrected chi connectivity index (χ4v) is 1.65. The molecule has 1 N–H and O–H groups in total. The fourth-order valence-electron chi connectivity index (χ4n) is 1.65. The molecule has 0 aliphatic carbocycles. The highest BCUT2D eigenvalue weighted by Crippen LogP contribution is 2.17. The van der Waals surface area contributed by atoms with Crippen molar-refractivity contribution in [2.45, 2.75) is 0 Å². The number of anilines is 1. The van der Waals surface area contributed by atoms with E-state index in [0.29, 0.717) is 5.75 Å². The number of non-ortho nitro benzene ring substituents is 1. The van der Waals surface area contributed by atoms with Crippen LogP contribution in [0, 0.1) is 21.7 Å². The molecule has 0 unspecified atom stereocenters. The van der Waals surface area contributed by atoms with Crippen molar-refractivity contribution in [3.05, 3.63) is 64.2 Å². The number of hydrogen-bond donors (Lipinski definition) is 1. The molecule has 0 heterocycles. The first-order valence-electron chi connectivity index (χ1n) is 6.12. The number of benzene rings is 2. The molecule has 5 nitrogen and oxygen atoms in total. The normalized spacial score (nSPS) is 10.2. The number of nitro groups is 1. The van der Waals surface area contributed by atoms with Crippen LogP contribution in [0.4, 0.5) is 20.2 Å². The average Bonchev–Trinajstić information content (AvgIpc) is 2.47. The van der Waals surface area contributed by atoms with Crippen LogP contribution in [0.15, 0.2) is 42.5 Å². The number of nitrogens with zero attached hydrogens (tertiary/aromatic N) is 1. The van der Waals surface area contributed by atoms with Crippen LogP contribution in [0.1, 0.15) is 0 Å². The summed E-state index contributed by atoms with van der Waals surface area (Å²) in [5.41, 5.74) is 0.0320. The van der Waals surface area contributed by atoms with Crippen molar-refractivity contribution in [2.24, 2.45) is 0 Å². The number of rotatable bonds is 6. The first kappa shape index (κ1) is 14.7. The van der Waals surface area contributed by atoms with Crippen LogP contribution in [-0.2, 0) is 0 Å². The third kappa shape index (κ3) is 4.13. The van der Waals surface area contributed by atoms with Crippen LogP contribution in [0.2, 0.25) is 0 Å². The Morgan fingerprint density at radius 2 is 1.86 bits per heavy atom. The lowest BCUT2D eigenvalue weighted by Crippen LogP contribution is -2.12. The summed E-state index contributed by atoms with van der Waals surface area (Å²) in [7, 11) is 0. The molecular weight excluding hydrogens is 282 g/mol. The molecule has 2 rings (SSSR count). The zero-order valence-electron chi connectivity index (χ0n) is 10.9. The Morgan fingerprint density at radius 1 is 1.14 bits per heavy atom. The number of halogens is 2. The van der Waals surface area contributed by atoms with E-state index in [9.17, 15) is 18.9 Å². The predicted octanol–water partition coefficient (Wildman–Crippen LogP) is 3.36. The molecule has 0 atom stereocenters. The molecule has 0 fully saturated rings. The van der Waals surface area contributed by atoms with E-state index >= 15 is 0 Å². The lowest BCUT2D eigenvalue weighted by Gasteiger charge is -2.09. The minimum atomic E-state index is -0.549. The van der Waals surface area contributed by atoms with Crippen molar-refractivity contribution < 1.29 is 18.4 Å². The van der Waals surface area contributed by atoms with Crippen LogP contribution < -0.4 is 10.1 Å². The Morgan fingerprint density at radius 3 is 2.52 bits per heavy atom. The third-order valence-corrected chi connectivity index (χ3v) is 2.66. The van der Waals surface area contributed by atoms with E-state index in [0.717, 1.165) is 18.2 Å². The molecule has 2 aromatic rings. The maximum Gasteiger partial charge on any atom is 0.269 e. The molecule has 2 aromatic carbocycles. The Bertz CT molecular complexity index is 633. The molecule has 0 saturated carbocycles. The van der Waals surface area contributed by atoms with E-state index < -0.39 is 16.6 Å². The van der Waals surface area contributed by atoms with Gasteiger partial charge in [-0.05, 0) is 30.3 Å². The summed E-state index contributed by atoms with van der Waals surface area (Å²) in [5, 5.41) is 13.2. The zero-order chi connectivity index (χ0) is 15.2. The molecule has 0 bridgehead atoms. The van der Waals surface area contributed by atoms with E-state index in [1.54, 1.807) is 0 Å². The first-order valence-corrected chi connectivity index (χ1v) is 6.12. The van der Waals surface area contributed by atoms with Crippen molar-refractivity contribution in [3.8, 4) is 5.75 Å². The van der Waals surface area contributed by atoms with Crippen LogP contribution in [0.3, 0.4) is 0 Å². The second-order valence-corrected chi connectivity index (χ2v) is 4.15. The quantitative estimate of drug-likeness (QED) is 0.504. The highest BCUT2D eigenvalue weighted by Gasteiger charge is 2.05. The van der Waals surface area contributed by atoms with Gasteiger partial charge < -0.3 is 10.1 Å². The standard InChI is InChI=1S/C14H12F2N2O3/c15-10-1-6-13(16)14(9-10)17-7-8-21-12-4-2-11(3-5-12)18(19)20/h1-6,9,17H,7-8H2. The van der Waals surface area contributed by atoms with E-state index in [1.165, 1.54) is 24.3 Å². The Balaban J connectivity index is 1.81. The van der Waals surface area contributed by atoms with Crippen LogP contribution in [0.5, 0.6) is 5.75 Å². The highest BCUT2D eigenvalue weighted by atomic mass is 19.1. The van der Waals surface area contributed by atoms with Gasteiger partial charge in [0.1, 0.15) is 24.0 Å². The molecule has 110 valence electrons. The summed E-state index contributed by atoms with van der Waals surface area (Å²) in [6.07, 6.45) is 0. The van der Waals surface area contributed by atoms with E-state index in [-0.39, 0.29) is 24.5 Å². The lowest BCUT2D eigenvalue weighted by molar-refractivity contribution is -0.384. The highest BCUT2D eigenvalue weighted by molar-refractivity contribution is 5.44. The van der Waals surface area contributed by atoms with Gasteiger partial charge in [0.2, 0.25) is 0 Å². The SMILES string of the molecule is O=[N+]([O-])c1ccc(OCCNc2cc(F)ccc2F)cc1. The van der Waals surface area contributed by atoms with Gasteiger partial charge in [0.25, 0.3) is 5.69 Å². The van der Waals surface area contributed by atoms with Crippen molar-refractivity contribution in [1.29, 1.82) is 0 Å². The van der Waals surface area contributed by atoms with Gasteiger partial charge in [0, 0.05) is 18.7 Å². The summed E-state index contributed by atoms with van der Waals surface area (Å²) in [4.78, 5) is 9.98. The van der Waals surface area contributed by atoms with Gasteiger partial charge >= 0.3 is 0 Å². The van der Waals surface area contributed by atoms with Crippen LogP contribution >= 0.6 is 0 Å². The van der Waals surface area contributed by atoms with Crippen molar-refractivity contribution in [1.82, 2.24) is 0 Å². The average molecular weight is 294 g/mol. The van der Waals surface area contributed by atoms with Gasteiger partial charge in [-0.15, -0.1) is 0 Å². The minimum Gasteiger partial charge on any atom is -0.492 e. The summed E-state index contributed by atoms with van der Waals surface area (Å²) in [6.45, 7) is 0.463. The molecule has 0 aliphatic heterocycles. The van der Waals surface area contributed by atoms with Gasteiger partial charge in [-0.3, -0.25) is 10.1 Å². The molecule has 0 radical (unpaired) electrons. The Hall–Kier alpha value is -2.70. The molecule has 0 amide bonds. The van der Waals surface area contributed by atoms with E-state index in [2.05, 4.69) is 5.32 Å². The van der Waals surface area contributed by atoms with Crippen molar-refractivity contribution in [2.75, 3.05) is 18.5 Å². The van der Waals surface area contributed by atoms with Gasteiger partial charge in [-0.1, -0.05) is 0 Å². The summed E-state index contributed by atoms with van der Waals surface area (Å²) in [5.74, 6) is -0.621. The van der Waals surface area contributed by atoms with E-state index in [4.69, 9.17) is 4.74 Å². The summed E-state index contributed by atoms with van der Waals surface area (Å²) in [6, 6.07) is 8.73. The molecule has 0 aromatic heterocycles. The second-order valence-electron chi connectivity index (χ2n) is 4.15. The number of ether oxygens (including phenoxy) is 1. The number of hydrogen-bond acceptors (Lipinski definition) is 4. The third-order valence-electron chi connectivity index (χ3n) is 2.66. The lowest BCUT2D eigenvalue weighted by atomic mass is 10.3. The van der Waals surface area contributed by atoms with Gasteiger partial charge in [0.15, 0.2) is 0 Å². The molecule has 0 spiro atoms. The van der Waals surface area contributed by atoms with Crippen molar-refractivity contribution in [3.63, 3.8) is 0 Å². The molecule has 7 heteroatoms. The maximum absolute atomic E-state index is 13.3. The van der Waals surface area contributed by atoms with Crippen LogP contribution in [0.25, 0.3) is 0 Å². The monoisotopic (exact) mass is 294 g/mol. The first-order chi connectivity index (χ1) is 10.1. The Kier molecular flexibility index (Phi) is 4.65. The predicted molar refractivity (Wildman–Crippen MR) is 73.4 cm³/mol. The zero-order valence-corrected chi connectivity index (χ0v) is 10.9. The van der Waals surface area contributed by atoms with Gasteiger partial charge in [-0.2, -0.15) is 0 Å². The summed E-state index contributed by atoms with van der Waals surface area (Å²) >= 11 is 0. The topological polar surface area (TPSA) is 64.4 Å². The fraction of sp³-hybridized carbons (Fsp3) is 0.143. The smallest absolute Gasteiger partial charge is 0.269 e. The minimum absolute atomic E-state index is 0.0256. The summed E-state index contributed by atoms with van der Waals surface area (Å²) < 4.78 is 31.6. The second kappa shape index (κ2) is 6.65. The largest absolute Gasteiger partial charge is 0.492 e. The number of nitro benzene ring substituents is 1. The Labute approximate surface area is 119 Å². The van der Waals surface area contributed by atoms with Gasteiger partial charge in [0.05, 0.1) is 10.6 Å². The maximum atomic E-state index is 13.3. The van der Waals surface area contributed by atoms with Gasteiger partial charge in [-0.25, -0.2) is 8.78 Å². The molecular formula is C14H12F2N2O3. The molecule has 0 saturated heterocycles. The molecule has 21 heavy (non-hydrogen) atoms. The van der Waals surface area contributed by atoms with Crippen molar-refractivity contribution >= 4 is 11.4 Å². The number of nitrogens with one attached hydrogen (secondary N) is 1. The van der Waals surface area contributed by atoms with Crippen LogP contribution in [-0.4, -0.2) is 18.1 Å². The molecule has 0 aliphatic rings.